The molecule has 1 unspecified atom stereocenters. The van der Waals surface area contributed by atoms with Crippen LogP contribution in [0, 0.1) is 25.2 Å². The van der Waals surface area contributed by atoms with Crippen molar-refractivity contribution < 1.29 is 23.8 Å². The third-order valence-electron chi connectivity index (χ3n) is 4.80. The zero-order valence-electron chi connectivity index (χ0n) is 17.9. The lowest BCUT2D eigenvalue weighted by atomic mass is 10.1. The van der Waals surface area contributed by atoms with Crippen LogP contribution < -0.4 is 4.74 Å². The Morgan fingerprint density at radius 3 is 2.43 bits per heavy atom. The lowest BCUT2D eigenvalue weighted by Gasteiger charge is -2.12. The standard InChI is InChI=1S/C23H26N2O5/c1-15-12-19(16(2)25(15)10-11-28-4)13-20(14-24)23(27)30-17(3)22(26)18-6-8-21(29-5)9-7-18/h6-9,12-13,17H,10-11H2,1-5H3. The first-order valence-corrected chi connectivity index (χ1v) is 9.49. The summed E-state index contributed by atoms with van der Waals surface area (Å²) in [4.78, 5) is 25.0. The Kier molecular flexibility index (Phi) is 7.96. The van der Waals surface area contributed by atoms with Gasteiger partial charge in [0.25, 0.3) is 0 Å². The number of hydrogen-bond acceptors (Lipinski definition) is 6. The first kappa shape index (κ1) is 22.9. The number of carbonyl (C=O) groups excluding carboxylic acids is 2. The molecular weight excluding hydrogens is 384 g/mol. The predicted molar refractivity (Wildman–Crippen MR) is 112 cm³/mol. The van der Waals surface area contributed by atoms with Gasteiger partial charge in [-0.05, 0) is 62.7 Å². The number of carbonyl (C=O) groups is 2. The van der Waals surface area contributed by atoms with Gasteiger partial charge in [-0.2, -0.15) is 5.26 Å². The quantitative estimate of drug-likeness (QED) is 0.272. The van der Waals surface area contributed by atoms with Gasteiger partial charge in [0.1, 0.15) is 17.4 Å². The molecule has 0 N–H and O–H groups in total. The van der Waals surface area contributed by atoms with E-state index in [9.17, 15) is 14.9 Å². The minimum atomic E-state index is -1.03. The van der Waals surface area contributed by atoms with Gasteiger partial charge < -0.3 is 18.8 Å². The molecule has 0 aliphatic rings. The maximum absolute atomic E-state index is 12.5. The zero-order valence-corrected chi connectivity index (χ0v) is 17.9. The fourth-order valence-electron chi connectivity index (χ4n) is 3.06. The molecule has 0 saturated heterocycles. The molecule has 0 radical (unpaired) electrons. The van der Waals surface area contributed by atoms with Crippen LogP contribution in [0.5, 0.6) is 5.75 Å². The summed E-state index contributed by atoms with van der Waals surface area (Å²) in [6, 6.07) is 10.3. The maximum Gasteiger partial charge on any atom is 0.349 e. The highest BCUT2D eigenvalue weighted by Gasteiger charge is 2.22. The summed E-state index contributed by atoms with van der Waals surface area (Å²) in [6.45, 7) is 6.56. The second-order valence-corrected chi connectivity index (χ2v) is 6.78. The molecule has 1 aromatic carbocycles. The lowest BCUT2D eigenvalue weighted by Crippen LogP contribution is -2.25. The van der Waals surface area contributed by atoms with E-state index in [0.717, 1.165) is 17.0 Å². The number of rotatable bonds is 9. The van der Waals surface area contributed by atoms with E-state index < -0.39 is 12.1 Å². The molecule has 0 spiro atoms. The third kappa shape index (κ3) is 5.37. The van der Waals surface area contributed by atoms with Crippen LogP contribution in [0.4, 0.5) is 0 Å². The molecule has 1 aromatic heterocycles. The maximum atomic E-state index is 12.5. The molecule has 1 heterocycles. The van der Waals surface area contributed by atoms with Crippen LogP contribution in [0.1, 0.15) is 34.2 Å². The highest BCUT2D eigenvalue weighted by Crippen LogP contribution is 2.19. The minimum absolute atomic E-state index is 0.170. The van der Waals surface area contributed by atoms with Crippen LogP contribution in [-0.4, -0.2) is 43.3 Å². The van der Waals surface area contributed by atoms with Gasteiger partial charge in [-0.3, -0.25) is 4.79 Å². The largest absolute Gasteiger partial charge is 0.497 e. The summed E-state index contributed by atoms with van der Waals surface area (Å²) in [5, 5.41) is 9.45. The van der Waals surface area contributed by atoms with Crippen LogP contribution in [-0.2, 0) is 20.8 Å². The predicted octanol–water partition coefficient (Wildman–Crippen LogP) is 3.48. The SMILES string of the molecule is COCCn1c(C)cc(C=C(C#N)C(=O)OC(C)C(=O)c2ccc(OC)cc2)c1C. The normalized spacial score (nSPS) is 12.2. The van der Waals surface area contributed by atoms with E-state index in [1.54, 1.807) is 31.4 Å². The molecule has 7 nitrogen and oxygen atoms in total. The van der Waals surface area contributed by atoms with E-state index in [-0.39, 0.29) is 11.4 Å². The summed E-state index contributed by atoms with van der Waals surface area (Å²) in [6.07, 6.45) is 0.454. The molecule has 0 aliphatic heterocycles. The second-order valence-electron chi connectivity index (χ2n) is 6.78. The topological polar surface area (TPSA) is 90.5 Å². The number of nitriles is 1. The molecule has 0 saturated carbocycles. The van der Waals surface area contributed by atoms with Crippen molar-refractivity contribution in [1.82, 2.24) is 4.57 Å². The van der Waals surface area contributed by atoms with Gasteiger partial charge in [-0.1, -0.05) is 0 Å². The Hall–Kier alpha value is -3.37. The molecule has 30 heavy (non-hydrogen) atoms. The van der Waals surface area contributed by atoms with Gasteiger partial charge in [-0.25, -0.2) is 4.79 Å². The van der Waals surface area contributed by atoms with Gasteiger partial charge in [0.15, 0.2) is 6.10 Å². The lowest BCUT2D eigenvalue weighted by molar-refractivity contribution is -0.141. The third-order valence-corrected chi connectivity index (χ3v) is 4.80. The monoisotopic (exact) mass is 410 g/mol. The fourth-order valence-corrected chi connectivity index (χ4v) is 3.06. The smallest absolute Gasteiger partial charge is 0.349 e. The van der Waals surface area contributed by atoms with Crippen LogP contribution in [0.2, 0.25) is 0 Å². The Morgan fingerprint density at radius 2 is 1.87 bits per heavy atom. The number of nitrogens with zero attached hydrogens (tertiary/aromatic N) is 2. The molecule has 7 heteroatoms. The van der Waals surface area contributed by atoms with Crippen molar-refractivity contribution in [2.24, 2.45) is 0 Å². The molecule has 0 bridgehead atoms. The van der Waals surface area contributed by atoms with Gasteiger partial charge in [0.05, 0.1) is 13.7 Å². The number of benzene rings is 1. The number of esters is 1. The Morgan fingerprint density at radius 1 is 1.20 bits per heavy atom. The fraction of sp³-hybridized carbons (Fsp3) is 0.348. The molecule has 2 aromatic rings. The average Bonchev–Trinajstić information content (AvgIpc) is 3.02. The summed E-state index contributed by atoms with van der Waals surface area (Å²) < 4.78 is 17.5. The molecule has 0 fully saturated rings. The molecule has 2 rings (SSSR count). The van der Waals surface area contributed by atoms with Crippen LogP contribution in [0.15, 0.2) is 35.9 Å². The van der Waals surface area contributed by atoms with Gasteiger partial charge in [0.2, 0.25) is 5.78 Å². The van der Waals surface area contributed by atoms with E-state index in [2.05, 4.69) is 0 Å². The van der Waals surface area contributed by atoms with Crippen molar-refractivity contribution in [1.29, 1.82) is 5.26 Å². The van der Waals surface area contributed by atoms with Crippen LogP contribution in [0.3, 0.4) is 0 Å². The van der Waals surface area contributed by atoms with Crippen LogP contribution >= 0.6 is 0 Å². The highest BCUT2D eigenvalue weighted by molar-refractivity contribution is 6.03. The molecule has 158 valence electrons. The molecule has 1 atom stereocenters. The van der Waals surface area contributed by atoms with Gasteiger partial charge in [0, 0.05) is 30.6 Å². The van der Waals surface area contributed by atoms with Crippen molar-refractivity contribution in [3.63, 3.8) is 0 Å². The summed E-state index contributed by atoms with van der Waals surface area (Å²) in [7, 11) is 3.17. The van der Waals surface area contributed by atoms with Crippen LogP contribution in [0.25, 0.3) is 6.08 Å². The summed E-state index contributed by atoms with van der Waals surface area (Å²) in [5.74, 6) is -0.580. The van der Waals surface area contributed by atoms with E-state index in [0.29, 0.717) is 24.5 Å². The van der Waals surface area contributed by atoms with Crippen molar-refractivity contribution in [2.45, 2.75) is 33.4 Å². The van der Waals surface area contributed by atoms with E-state index >= 15 is 0 Å². The first-order chi connectivity index (χ1) is 14.3. The summed E-state index contributed by atoms with van der Waals surface area (Å²) in [5.41, 5.74) is 2.86. The van der Waals surface area contributed by atoms with E-state index in [4.69, 9.17) is 14.2 Å². The number of hydrogen-bond donors (Lipinski definition) is 0. The highest BCUT2D eigenvalue weighted by atomic mass is 16.5. The van der Waals surface area contributed by atoms with Crippen molar-refractivity contribution >= 4 is 17.8 Å². The van der Waals surface area contributed by atoms with Gasteiger partial charge in [-0.15, -0.1) is 0 Å². The summed E-state index contributed by atoms with van der Waals surface area (Å²) >= 11 is 0. The van der Waals surface area contributed by atoms with E-state index in [1.165, 1.54) is 20.1 Å². The number of methoxy groups -OCH3 is 2. The van der Waals surface area contributed by atoms with Gasteiger partial charge >= 0.3 is 5.97 Å². The Balaban J connectivity index is 2.15. The Labute approximate surface area is 176 Å². The molecule has 0 amide bonds. The number of aryl methyl sites for hydroxylation is 1. The van der Waals surface area contributed by atoms with Crippen molar-refractivity contribution in [3.8, 4) is 11.8 Å². The Bertz CT molecular complexity index is 980. The van der Waals surface area contributed by atoms with E-state index in [1.807, 2.05) is 30.6 Å². The number of ether oxygens (including phenoxy) is 3. The molecule has 0 aliphatic carbocycles. The van der Waals surface area contributed by atoms with Crippen molar-refractivity contribution in [3.05, 3.63) is 58.4 Å². The number of ketones is 1. The minimum Gasteiger partial charge on any atom is -0.497 e. The zero-order chi connectivity index (χ0) is 22.3. The molecular formula is C23H26N2O5. The average molecular weight is 410 g/mol. The number of Topliss-reactive ketones (excluding diaryl/α,β-unsaturated/α-hetero) is 1. The van der Waals surface area contributed by atoms with Crippen molar-refractivity contribution in [2.75, 3.05) is 20.8 Å². The number of aromatic nitrogens is 1. The second kappa shape index (κ2) is 10.4. The first-order valence-electron chi connectivity index (χ1n) is 9.49.